The number of phenolic OH excluding ortho intramolecular Hbond substituents is 1. The highest BCUT2D eigenvalue weighted by molar-refractivity contribution is 5.94. The quantitative estimate of drug-likeness (QED) is 0.0614. The number of phenols is 1. The van der Waals surface area contributed by atoms with Crippen LogP contribution in [0, 0.1) is 5.92 Å². The summed E-state index contributed by atoms with van der Waals surface area (Å²) in [6, 6.07) is 0.666. The summed E-state index contributed by atoms with van der Waals surface area (Å²) < 4.78 is 0. The number of carboxylic acids is 2. The molecule has 4 atom stereocenters. The van der Waals surface area contributed by atoms with Gasteiger partial charge in [0.2, 0.25) is 17.7 Å². The summed E-state index contributed by atoms with van der Waals surface area (Å²) in [6.07, 6.45) is -0.469. The molecule has 1 rings (SSSR count). The Morgan fingerprint density at radius 1 is 0.897 bits per heavy atom. The Balaban J connectivity index is 3.02. The van der Waals surface area contributed by atoms with Crippen molar-refractivity contribution >= 4 is 35.6 Å². The summed E-state index contributed by atoms with van der Waals surface area (Å²) in [4.78, 5) is 65.1. The number of hydrogen-bond acceptors (Lipinski definition) is 8. The van der Waals surface area contributed by atoms with Crippen molar-refractivity contribution in [2.45, 2.75) is 63.7 Å². The summed E-state index contributed by atoms with van der Waals surface area (Å²) >= 11 is 0. The minimum Gasteiger partial charge on any atom is -0.508 e. The number of carbonyl (C=O) groups is 5. The van der Waals surface area contributed by atoms with E-state index in [9.17, 15) is 34.2 Å². The monoisotopic (exact) mass is 551 g/mol. The summed E-state index contributed by atoms with van der Waals surface area (Å²) in [5, 5.41) is 35.3. The second-order valence-electron chi connectivity index (χ2n) is 9.21. The molecule has 15 heteroatoms. The molecule has 0 heterocycles. The number of benzene rings is 1. The number of nitrogens with two attached hydrogens (primary N) is 3. The van der Waals surface area contributed by atoms with Gasteiger partial charge in [0.15, 0.2) is 5.96 Å². The number of aromatic hydroxyl groups is 1. The van der Waals surface area contributed by atoms with Gasteiger partial charge in [-0.25, -0.2) is 4.79 Å². The van der Waals surface area contributed by atoms with Crippen molar-refractivity contribution in [2.24, 2.45) is 28.1 Å². The molecule has 0 aromatic heterocycles. The van der Waals surface area contributed by atoms with Crippen molar-refractivity contribution in [3.8, 4) is 5.75 Å². The van der Waals surface area contributed by atoms with Gasteiger partial charge >= 0.3 is 11.9 Å². The molecule has 0 spiro atoms. The molecule has 39 heavy (non-hydrogen) atoms. The van der Waals surface area contributed by atoms with Gasteiger partial charge in [0.25, 0.3) is 0 Å². The molecule has 3 amide bonds. The molecule has 0 fully saturated rings. The fourth-order valence-corrected chi connectivity index (χ4v) is 3.45. The lowest BCUT2D eigenvalue weighted by Crippen LogP contribution is -2.58. The predicted molar refractivity (Wildman–Crippen MR) is 140 cm³/mol. The van der Waals surface area contributed by atoms with Gasteiger partial charge in [0.1, 0.15) is 23.9 Å². The fourth-order valence-electron chi connectivity index (χ4n) is 3.45. The van der Waals surface area contributed by atoms with Crippen LogP contribution >= 0.6 is 0 Å². The zero-order valence-electron chi connectivity index (χ0n) is 21.8. The number of nitrogens with zero attached hydrogens (tertiary/aromatic N) is 1. The molecule has 0 saturated heterocycles. The van der Waals surface area contributed by atoms with Gasteiger partial charge in [-0.15, -0.1) is 0 Å². The zero-order chi connectivity index (χ0) is 29.7. The highest BCUT2D eigenvalue weighted by Crippen LogP contribution is 2.12. The third-order valence-electron chi connectivity index (χ3n) is 5.55. The van der Waals surface area contributed by atoms with Crippen molar-refractivity contribution in [3.05, 3.63) is 29.8 Å². The number of aliphatic imine (C=N–C) groups is 1. The van der Waals surface area contributed by atoms with E-state index in [0.717, 1.165) is 0 Å². The maximum atomic E-state index is 13.1. The lowest BCUT2D eigenvalue weighted by atomic mass is 10.00. The Labute approximate surface area is 225 Å². The third-order valence-corrected chi connectivity index (χ3v) is 5.55. The molecule has 0 saturated carbocycles. The lowest BCUT2D eigenvalue weighted by Gasteiger charge is -2.27. The Kier molecular flexibility index (Phi) is 13.2. The first-order valence-corrected chi connectivity index (χ1v) is 12.2. The normalized spacial score (nSPS) is 13.8. The molecule has 0 aliphatic heterocycles. The van der Waals surface area contributed by atoms with Crippen LogP contribution in [0.25, 0.3) is 0 Å². The first kappa shape index (κ1) is 32.6. The van der Waals surface area contributed by atoms with Crippen LogP contribution in [0.3, 0.4) is 0 Å². The zero-order valence-corrected chi connectivity index (χ0v) is 21.8. The van der Waals surface area contributed by atoms with Crippen LogP contribution in [0.15, 0.2) is 29.3 Å². The van der Waals surface area contributed by atoms with Gasteiger partial charge in [0.05, 0.1) is 12.5 Å². The second kappa shape index (κ2) is 15.8. The summed E-state index contributed by atoms with van der Waals surface area (Å²) in [5.41, 5.74) is 16.7. The van der Waals surface area contributed by atoms with E-state index >= 15 is 0 Å². The first-order chi connectivity index (χ1) is 18.2. The van der Waals surface area contributed by atoms with Crippen molar-refractivity contribution in [1.82, 2.24) is 16.0 Å². The number of carboxylic acid groups (broad SMARTS) is 2. The molecular weight excluding hydrogens is 514 g/mol. The minimum absolute atomic E-state index is 0.00102. The van der Waals surface area contributed by atoms with Gasteiger partial charge in [-0.1, -0.05) is 26.0 Å². The predicted octanol–water partition coefficient (Wildman–Crippen LogP) is -2.01. The molecule has 0 unspecified atom stereocenters. The van der Waals surface area contributed by atoms with Gasteiger partial charge in [-0.2, -0.15) is 0 Å². The van der Waals surface area contributed by atoms with E-state index in [0.29, 0.717) is 5.56 Å². The molecule has 0 aliphatic rings. The SMILES string of the molecule is CC(C)[C@H](NC(=O)[C@H](CCCN=C(N)N)NC(=O)[C@H](N)CC(=O)O)C(=O)N[C@@H](Cc1ccc(O)cc1)C(=O)O. The minimum atomic E-state index is -1.42. The molecule has 216 valence electrons. The van der Waals surface area contributed by atoms with Crippen LogP contribution in [-0.4, -0.2) is 81.7 Å². The number of amides is 3. The van der Waals surface area contributed by atoms with Gasteiger partial charge < -0.3 is 48.5 Å². The largest absolute Gasteiger partial charge is 0.508 e. The Hall–Kier alpha value is -4.40. The van der Waals surface area contributed by atoms with Gasteiger partial charge in [0, 0.05) is 13.0 Å². The smallest absolute Gasteiger partial charge is 0.326 e. The number of guanidine groups is 1. The number of rotatable bonds is 16. The fraction of sp³-hybridized carbons (Fsp3) is 0.500. The van der Waals surface area contributed by atoms with E-state index in [1.165, 1.54) is 24.3 Å². The molecule has 0 bridgehead atoms. The van der Waals surface area contributed by atoms with E-state index in [1.54, 1.807) is 13.8 Å². The lowest BCUT2D eigenvalue weighted by molar-refractivity contribution is -0.142. The third kappa shape index (κ3) is 12.1. The van der Waals surface area contributed by atoms with Crippen LogP contribution in [0.5, 0.6) is 5.75 Å². The highest BCUT2D eigenvalue weighted by atomic mass is 16.4. The highest BCUT2D eigenvalue weighted by Gasteiger charge is 2.32. The van der Waals surface area contributed by atoms with Crippen molar-refractivity contribution in [2.75, 3.05) is 6.54 Å². The number of aliphatic carboxylic acids is 2. The number of hydrogen-bond donors (Lipinski definition) is 9. The number of carbonyl (C=O) groups excluding carboxylic acids is 3. The van der Waals surface area contributed by atoms with Crippen LogP contribution in [0.4, 0.5) is 0 Å². The Morgan fingerprint density at radius 2 is 1.49 bits per heavy atom. The van der Waals surface area contributed by atoms with Crippen LogP contribution in [0.2, 0.25) is 0 Å². The average Bonchev–Trinajstić information content (AvgIpc) is 2.83. The van der Waals surface area contributed by atoms with Crippen LogP contribution in [-0.2, 0) is 30.4 Å². The van der Waals surface area contributed by atoms with Gasteiger partial charge in [-0.3, -0.25) is 24.2 Å². The molecular formula is C24H37N7O8. The van der Waals surface area contributed by atoms with E-state index < -0.39 is 66.2 Å². The summed E-state index contributed by atoms with van der Waals surface area (Å²) in [7, 11) is 0. The van der Waals surface area contributed by atoms with Gasteiger partial charge in [-0.05, 0) is 36.5 Å². The Morgan fingerprint density at radius 3 is 2.00 bits per heavy atom. The first-order valence-electron chi connectivity index (χ1n) is 12.2. The molecule has 12 N–H and O–H groups in total. The maximum Gasteiger partial charge on any atom is 0.326 e. The molecule has 0 aliphatic carbocycles. The van der Waals surface area contributed by atoms with Crippen molar-refractivity contribution in [1.29, 1.82) is 0 Å². The molecule has 1 aromatic rings. The molecule has 1 aromatic carbocycles. The van der Waals surface area contributed by atoms with Crippen LogP contribution in [0.1, 0.15) is 38.7 Å². The molecule has 0 radical (unpaired) electrons. The van der Waals surface area contributed by atoms with E-state index in [1.807, 2.05) is 0 Å². The second-order valence-corrected chi connectivity index (χ2v) is 9.21. The average molecular weight is 552 g/mol. The summed E-state index contributed by atoms with van der Waals surface area (Å²) in [5.74, 6) is -5.67. The van der Waals surface area contributed by atoms with Crippen molar-refractivity contribution in [3.63, 3.8) is 0 Å². The molecule has 15 nitrogen and oxygen atoms in total. The number of nitrogens with one attached hydrogen (secondary N) is 3. The topological polar surface area (TPSA) is 273 Å². The van der Waals surface area contributed by atoms with Crippen LogP contribution < -0.4 is 33.2 Å². The van der Waals surface area contributed by atoms with E-state index in [-0.39, 0.29) is 37.5 Å². The van der Waals surface area contributed by atoms with E-state index in [2.05, 4.69) is 20.9 Å². The van der Waals surface area contributed by atoms with Crippen molar-refractivity contribution < 1.29 is 39.3 Å². The maximum absolute atomic E-state index is 13.1. The standard InChI is InChI=1S/C24H37N7O8/c1-12(2)19(22(37)30-17(23(38)39)10-13-5-7-14(32)8-6-13)31-21(36)16(4-3-9-28-24(26)27)29-20(35)15(25)11-18(33)34/h5-8,12,15-17,19,32H,3-4,9-11,25H2,1-2H3,(H,29,35)(H,30,37)(H,31,36)(H,33,34)(H,38,39)(H4,26,27,28)/t15-,16+,17+,19+/m1/s1. The Bertz CT molecular complexity index is 1040. The summed E-state index contributed by atoms with van der Waals surface area (Å²) in [6.45, 7) is 3.40. The van der Waals surface area contributed by atoms with E-state index in [4.69, 9.17) is 22.3 Å².